The average Bonchev–Trinajstić information content (AvgIpc) is 3.10. The fraction of sp³-hybridized carbons (Fsp3) is 0.0952. The van der Waals surface area contributed by atoms with Gasteiger partial charge >= 0.3 is 0 Å². The highest BCUT2D eigenvalue weighted by Crippen LogP contribution is 2.15. The molecule has 0 N–H and O–H groups in total. The number of allylic oxidation sites excluding steroid dienone is 1. The zero-order chi connectivity index (χ0) is 18.4. The second-order valence-corrected chi connectivity index (χ2v) is 5.70. The van der Waals surface area contributed by atoms with Crippen molar-refractivity contribution in [3.8, 4) is 11.8 Å². The molecule has 0 amide bonds. The van der Waals surface area contributed by atoms with Crippen LogP contribution in [0.4, 0.5) is 0 Å². The molecule has 0 atom stereocenters. The van der Waals surface area contributed by atoms with Crippen molar-refractivity contribution in [2.75, 3.05) is 0 Å². The van der Waals surface area contributed by atoms with Crippen LogP contribution in [0.15, 0.2) is 67.0 Å². The third kappa shape index (κ3) is 4.25. The van der Waals surface area contributed by atoms with Gasteiger partial charge in [-0.3, -0.25) is 4.79 Å². The van der Waals surface area contributed by atoms with Gasteiger partial charge in [-0.05, 0) is 48.0 Å². The minimum atomic E-state index is -0.0926. The lowest BCUT2D eigenvalue weighted by atomic mass is 10.1. The van der Waals surface area contributed by atoms with Gasteiger partial charge in [-0.2, -0.15) is 5.26 Å². The maximum absolute atomic E-state index is 12.2. The Morgan fingerprint density at radius 2 is 1.92 bits per heavy atom. The Morgan fingerprint density at radius 1 is 1.19 bits per heavy atom. The van der Waals surface area contributed by atoms with Gasteiger partial charge in [0.05, 0.1) is 11.6 Å². The summed E-state index contributed by atoms with van der Waals surface area (Å²) in [5, 5.41) is 8.79. The molecule has 26 heavy (non-hydrogen) atoms. The van der Waals surface area contributed by atoms with E-state index in [0.717, 1.165) is 11.4 Å². The van der Waals surface area contributed by atoms with E-state index in [2.05, 4.69) is 11.1 Å². The van der Waals surface area contributed by atoms with Gasteiger partial charge in [0.25, 0.3) is 0 Å². The second-order valence-electron chi connectivity index (χ2n) is 5.70. The van der Waals surface area contributed by atoms with Gasteiger partial charge in [-0.15, -0.1) is 0 Å². The number of imidazole rings is 1. The van der Waals surface area contributed by atoms with Gasteiger partial charge in [0.2, 0.25) is 0 Å². The Kier molecular flexibility index (Phi) is 5.25. The number of nitrogens with zero attached hydrogens (tertiary/aromatic N) is 3. The molecule has 0 bridgehead atoms. The molecule has 5 heteroatoms. The highest BCUT2D eigenvalue weighted by Gasteiger charge is 2.04. The molecule has 0 unspecified atom stereocenters. The molecule has 2 aromatic carbocycles. The Hall–Kier alpha value is -3.65. The van der Waals surface area contributed by atoms with Crippen LogP contribution in [0.25, 0.3) is 6.08 Å². The number of rotatable bonds is 6. The molecule has 0 fully saturated rings. The summed E-state index contributed by atoms with van der Waals surface area (Å²) in [6.07, 6.45) is 6.83. The van der Waals surface area contributed by atoms with Gasteiger partial charge in [-0.1, -0.05) is 18.2 Å². The summed E-state index contributed by atoms with van der Waals surface area (Å²) < 4.78 is 7.57. The number of carbonyl (C=O) groups is 1. The summed E-state index contributed by atoms with van der Waals surface area (Å²) in [5.74, 6) is 1.42. The molecule has 3 rings (SSSR count). The van der Waals surface area contributed by atoms with Crippen LogP contribution in [-0.2, 0) is 13.7 Å². The van der Waals surface area contributed by atoms with Crippen LogP contribution in [0.5, 0.6) is 5.75 Å². The second kappa shape index (κ2) is 7.95. The lowest BCUT2D eigenvalue weighted by molar-refractivity contribution is 0.104. The molecule has 0 spiro atoms. The van der Waals surface area contributed by atoms with Crippen molar-refractivity contribution in [3.05, 3.63) is 89.5 Å². The minimum absolute atomic E-state index is 0.0926. The molecule has 1 aromatic heterocycles. The smallest absolute Gasteiger partial charge is 0.185 e. The number of hydrogen-bond acceptors (Lipinski definition) is 4. The lowest BCUT2D eigenvalue weighted by Crippen LogP contribution is -2.03. The van der Waals surface area contributed by atoms with E-state index in [-0.39, 0.29) is 5.78 Å². The van der Waals surface area contributed by atoms with Crippen LogP contribution in [0.1, 0.15) is 27.3 Å². The quantitative estimate of drug-likeness (QED) is 0.505. The van der Waals surface area contributed by atoms with E-state index < -0.39 is 0 Å². The molecule has 0 saturated carbocycles. The van der Waals surface area contributed by atoms with E-state index in [9.17, 15) is 4.79 Å². The number of ether oxygens (including phenoxy) is 1. The van der Waals surface area contributed by atoms with Crippen LogP contribution in [-0.4, -0.2) is 15.3 Å². The van der Waals surface area contributed by atoms with E-state index in [4.69, 9.17) is 10.00 Å². The molecule has 0 aliphatic rings. The number of nitriles is 1. The Morgan fingerprint density at radius 3 is 2.54 bits per heavy atom. The molecule has 128 valence electrons. The maximum atomic E-state index is 12.2. The SMILES string of the molecule is Cn1ccnc1COc1ccc(C(=O)/C=C\c2ccc(C#N)cc2)cc1. The van der Waals surface area contributed by atoms with Gasteiger partial charge in [0.15, 0.2) is 5.78 Å². The highest BCUT2D eigenvalue weighted by atomic mass is 16.5. The van der Waals surface area contributed by atoms with E-state index >= 15 is 0 Å². The molecular formula is C21H17N3O2. The Balaban J connectivity index is 1.60. The van der Waals surface area contributed by atoms with Crippen molar-refractivity contribution in [1.29, 1.82) is 5.26 Å². The van der Waals surface area contributed by atoms with Crippen molar-refractivity contribution in [2.45, 2.75) is 6.61 Å². The third-order valence-corrected chi connectivity index (χ3v) is 3.89. The third-order valence-electron chi connectivity index (χ3n) is 3.89. The van der Waals surface area contributed by atoms with Gasteiger partial charge in [-0.25, -0.2) is 4.98 Å². The number of carbonyl (C=O) groups excluding carboxylic acids is 1. The average molecular weight is 343 g/mol. The fourth-order valence-corrected chi connectivity index (χ4v) is 2.34. The van der Waals surface area contributed by atoms with Crippen molar-refractivity contribution in [3.63, 3.8) is 0 Å². The van der Waals surface area contributed by atoms with Crippen LogP contribution < -0.4 is 4.74 Å². The number of aromatic nitrogens is 2. The summed E-state index contributed by atoms with van der Waals surface area (Å²) in [4.78, 5) is 16.4. The molecule has 1 heterocycles. The van der Waals surface area contributed by atoms with Crippen molar-refractivity contribution < 1.29 is 9.53 Å². The fourth-order valence-electron chi connectivity index (χ4n) is 2.34. The predicted octanol–water partition coefficient (Wildman–Crippen LogP) is 3.77. The molecule has 0 aliphatic carbocycles. The molecule has 3 aromatic rings. The number of aryl methyl sites for hydroxylation is 1. The Labute approximate surface area is 151 Å². The number of benzene rings is 2. The lowest BCUT2D eigenvalue weighted by Gasteiger charge is -2.06. The first-order valence-electron chi connectivity index (χ1n) is 8.07. The summed E-state index contributed by atoms with van der Waals surface area (Å²) in [6.45, 7) is 0.370. The molecular weight excluding hydrogens is 326 g/mol. The van der Waals surface area contributed by atoms with Gasteiger partial charge in [0, 0.05) is 25.0 Å². The molecule has 0 aliphatic heterocycles. The summed E-state index contributed by atoms with van der Waals surface area (Å²) >= 11 is 0. The van der Waals surface area contributed by atoms with Crippen molar-refractivity contribution in [2.24, 2.45) is 7.05 Å². The normalized spacial score (nSPS) is 10.6. The van der Waals surface area contributed by atoms with E-state index in [1.54, 1.807) is 60.8 Å². The number of hydrogen-bond donors (Lipinski definition) is 0. The first-order valence-corrected chi connectivity index (χ1v) is 8.07. The first kappa shape index (κ1) is 17.2. The number of ketones is 1. The first-order chi connectivity index (χ1) is 12.7. The van der Waals surface area contributed by atoms with E-state index in [1.807, 2.05) is 17.8 Å². The molecule has 0 saturated heterocycles. The molecule has 5 nitrogen and oxygen atoms in total. The summed E-state index contributed by atoms with van der Waals surface area (Å²) in [7, 11) is 1.91. The van der Waals surface area contributed by atoms with Crippen LogP contribution >= 0.6 is 0 Å². The monoisotopic (exact) mass is 343 g/mol. The highest BCUT2D eigenvalue weighted by molar-refractivity contribution is 6.06. The predicted molar refractivity (Wildman–Crippen MR) is 98.5 cm³/mol. The standard InChI is InChI=1S/C21H17N3O2/c1-24-13-12-23-21(24)15-26-19-9-7-18(8-10-19)20(25)11-6-16-2-4-17(14-22)5-3-16/h2-13H,15H2,1H3/b11-6-. The zero-order valence-corrected chi connectivity index (χ0v) is 14.3. The van der Waals surface area contributed by atoms with Crippen LogP contribution in [0.3, 0.4) is 0 Å². The zero-order valence-electron chi connectivity index (χ0n) is 14.3. The maximum Gasteiger partial charge on any atom is 0.185 e. The van der Waals surface area contributed by atoms with Gasteiger partial charge < -0.3 is 9.30 Å². The van der Waals surface area contributed by atoms with Crippen molar-refractivity contribution >= 4 is 11.9 Å². The van der Waals surface area contributed by atoms with E-state index in [0.29, 0.717) is 23.5 Å². The van der Waals surface area contributed by atoms with Gasteiger partial charge in [0.1, 0.15) is 18.2 Å². The topological polar surface area (TPSA) is 67.9 Å². The van der Waals surface area contributed by atoms with E-state index in [1.165, 1.54) is 6.08 Å². The minimum Gasteiger partial charge on any atom is -0.486 e. The van der Waals surface area contributed by atoms with Crippen molar-refractivity contribution in [1.82, 2.24) is 9.55 Å². The Bertz CT molecular complexity index is 962. The molecule has 0 radical (unpaired) electrons. The summed E-state index contributed by atoms with van der Waals surface area (Å²) in [6, 6.07) is 16.1. The largest absolute Gasteiger partial charge is 0.486 e. The van der Waals surface area contributed by atoms with Crippen LogP contribution in [0, 0.1) is 11.3 Å². The summed E-state index contributed by atoms with van der Waals surface area (Å²) in [5.41, 5.74) is 2.04. The van der Waals surface area contributed by atoms with Crippen LogP contribution in [0.2, 0.25) is 0 Å².